The number of nitrogens with zero attached hydrogens (tertiary/aromatic N) is 3. The Kier molecular flexibility index (Phi) is 4.94. The van der Waals surface area contributed by atoms with E-state index in [1.54, 1.807) is 30.5 Å². The minimum Gasteiger partial charge on any atom is -0.345 e. The van der Waals surface area contributed by atoms with E-state index in [4.69, 9.17) is 0 Å². The number of nitrogens with one attached hydrogen (secondary N) is 1. The fourth-order valence-corrected chi connectivity index (χ4v) is 2.26. The summed E-state index contributed by atoms with van der Waals surface area (Å²) in [6.45, 7) is 0.336. The van der Waals surface area contributed by atoms with Gasteiger partial charge in [-0.1, -0.05) is 18.2 Å². The molecule has 1 N–H and O–H groups in total. The van der Waals surface area contributed by atoms with Crippen LogP contribution in [0.5, 0.6) is 0 Å². The minimum atomic E-state index is -0.418. The van der Waals surface area contributed by atoms with Crippen LogP contribution >= 0.6 is 0 Å². The van der Waals surface area contributed by atoms with Crippen molar-refractivity contribution in [1.29, 1.82) is 0 Å². The number of benzene rings is 1. The first kappa shape index (κ1) is 16.5. The van der Waals surface area contributed by atoms with E-state index in [2.05, 4.69) is 15.4 Å². The molecule has 0 radical (unpaired) electrons. The zero-order chi connectivity index (χ0) is 17.6. The lowest BCUT2D eigenvalue weighted by Gasteiger charge is -2.08. The van der Waals surface area contributed by atoms with Crippen LogP contribution in [-0.4, -0.2) is 20.7 Å². The monoisotopic (exact) mass is 338 g/mol. The lowest BCUT2D eigenvalue weighted by molar-refractivity contribution is 0.0943. The Hall–Kier alpha value is -3.35. The van der Waals surface area contributed by atoms with Crippen molar-refractivity contribution in [3.8, 4) is 0 Å². The van der Waals surface area contributed by atoms with Crippen molar-refractivity contribution in [2.45, 2.75) is 13.1 Å². The molecule has 25 heavy (non-hydrogen) atoms. The SMILES string of the molecule is O=C(NCc1ccccn1)c1ccc(=O)n(Cc2cccc(F)c2)n1. The van der Waals surface area contributed by atoms with Crippen molar-refractivity contribution in [3.63, 3.8) is 0 Å². The van der Waals surface area contributed by atoms with E-state index in [9.17, 15) is 14.0 Å². The van der Waals surface area contributed by atoms with Gasteiger partial charge in [0.2, 0.25) is 0 Å². The maximum atomic E-state index is 13.3. The molecule has 0 spiro atoms. The zero-order valence-corrected chi connectivity index (χ0v) is 13.2. The molecular formula is C18H15FN4O2. The summed E-state index contributed by atoms with van der Waals surface area (Å²) >= 11 is 0. The van der Waals surface area contributed by atoms with Crippen LogP contribution in [0.2, 0.25) is 0 Å². The lowest BCUT2D eigenvalue weighted by Crippen LogP contribution is -2.29. The van der Waals surface area contributed by atoms with E-state index >= 15 is 0 Å². The molecule has 126 valence electrons. The highest BCUT2D eigenvalue weighted by Crippen LogP contribution is 2.04. The second-order valence-corrected chi connectivity index (χ2v) is 5.35. The number of halogens is 1. The van der Waals surface area contributed by atoms with Crippen molar-refractivity contribution in [2.75, 3.05) is 0 Å². The Bertz CT molecular complexity index is 941. The average Bonchev–Trinajstić information content (AvgIpc) is 2.62. The Morgan fingerprint density at radius 2 is 2.00 bits per heavy atom. The predicted octanol–water partition coefficient (Wildman–Crippen LogP) is 1.76. The molecular weight excluding hydrogens is 323 g/mol. The second-order valence-electron chi connectivity index (χ2n) is 5.35. The summed E-state index contributed by atoms with van der Waals surface area (Å²) < 4.78 is 14.4. The van der Waals surface area contributed by atoms with Gasteiger partial charge in [-0.25, -0.2) is 9.07 Å². The van der Waals surface area contributed by atoms with Gasteiger partial charge in [0.15, 0.2) is 0 Å². The van der Waals surface area contributed by atoms with Crippen molar-refractivity contribution in [3.05, 3.63) is 93.9 Å². The Morgan fingerprint density at radius 1 is 1.12 bits per heavy atom. The van der Waals surface area contributed by atoms with Crippen LogP contribution in [0.15, 0.2) is 65.6 Å². The third-order valence-corrected chi connectivity index (χ3v) is 3.48. The van der Waals surface area contributed by atoms with Gasteiger partial charge in [0.05, 0.1) is 18.8 Å². The van der Waals surface area contributed by atoms with Crippen LogP contribution < -0.4 is 10.9 Å². The Morgan fingerprint density at radius 3 is 2.76 bits per heavy atom. The summed E-state index contributed by atoms with van der Waals surface area (Å²) in [5, 5.41) is 6.75. The molecule has 0 atom stereocenters. The second kappa shape index (κ2) is 7.48. The Labute approximate surface area is 143 Å². The largest absolute Gasteiger partial charge is 0.345 e. The third-order valence-electron chi connectivity index (χ3n) is 3.48. The van der Waals surface area contributed by atoms with Crippen LogP contribution in [0.25, 0.3) is 0 Å². The first-order chi connectivity index (χ1) is 12.1. The van der Waals surface area contributed by atoms with E-state index in [1.807, 2.05) is 6.07 Å². The van der Waals surface area contributed by atoms with Gasteiger partial charge in [0.25, 0.3) is 11.5 Å². The first-order valence-corrected chi connectivity index (χ1v) is 7.62. The molecule has 0 fully saturated rings. The summed E-state index contributed by atoms with van der Waals surface area (Å²) in [4.78, 5) is 28.3. The molecule has 2 aromatic heterocycles. The topological polar surface area (TPSA) is 76.9 Å². The van der Waals surface area contributed by atoms with Crippen molar-refractivity contribution >= 4 is 5.91 Å². The van der Waals surface area contributed by atoms with Crippen LogP contribution in [0.3, 0.4) is 0 Å². The highest BCUT2D eigenvalue weighted by molar-refractivity contribution is 5.91. The van der Waals surface area contributed by atoms with Crippen LogP contribution in [-0.2, 0) is 13.1 Å². The van der Waals surface area contributed by atoms with Gasteiger partial charge in [-0.05, 0) is 35.9 Å². The van der Waals surface area contributed by atoms with E-state index in [0.717, 1.165) is 4.68 Å². The van der Waals surface area contributed by atoms with E-state index < -0.39 is 11.7 Å². The summed E-state index contributed by atoms with van der Waals surface area (Å²) in [7, 11) is 0. The quantitative estimate of drug-likeness (QED) is 0.769. The van der Waals surface area contributed by atoms with Gasteiger partial charge < -0.3 is 5.32 Å². The Balaban J connectivity index is 1.74. The molecule has 0 aliphatic carbocycles. The van der Waals surface area contributed by atoms with Gasteiger partial charge in [-0.3, -0.25) is 14.6 Å². The number of carbonyl (C=O) groups is 1. The number of hydrogen-bond donors (Lipinski definition) is 1. The van der Waals surface area contributed by atoms with Gasteiger partial charge in [0, 0.05) is 12.3 Å². The van der Waals surface area contributed by atoms with Crippen molar-refractivity contribution in [2.24, 2.45) is 0 Å². The van der Waals surface area contributed by atoms with Crippen LogP contribution in [0, 0.1) is 5.82 Å². The standard InChI is InChI=1S/C18H15FN4O2/c19-14-5-3-4-13(10-14)12-23-17(24)8-7-16(22-23)18(25)21-11-15-6-1-2-9-20-15/h1-10H,11-12H2,(H,21,25). The van der Waals surface area contributed by atoms with Gasteiger partial charge in [-0.2, -0.15) is 5.10 Å². The minimum absolute atomic E-state index is 0.0813. The van der Waals surface area contributed by atoms with E-state index in [1.165, 1.54) is 24.3 Å². The predicted molar refractivity (Wildman–Crippen MR) is 89.4 cm³/mol. The molecule has 0 saturated heterocycles. The lowest BCUT2D eigenvalue weighted by atomic mass is 10.2. The molecule has 2 heterocycles. The highest BCUT2D eigenvalue weighted by atomic mass is 19.1. The molecule has 0 bridgehead atoms. The fraction of sp³-hybridized carbons (Fsp3) is 0.111. The summed E-state index contributed by atoms with van der Waals surface area (Å²) in [6.07, 6.45) is 1.64. The number of amides is 1. The van der Waals surface area contributed by atoms with Crippen LogP contribution in [0.1, 0.15) is 21.7 Å². The van der Waals surface area contributed by atoms with Gasteiger partial charge in [-0.15, -0.1) is 0 Å². The molecule has 0 unspecified atom stereocenters. The maximum Gasteiger partial charge on any atom is 0.272 e. The van der Waals surface area contributed by atoms with Crippen LogP contribution in [0.4, 0.5) is 4.39 Å². The first-order valence-electron chi connectivity index (χ1n) is 7.62. The zero-order valence-electron chi connectivity index (χ0n) is 13.2. The number of rotatable bonds is 5. The van der Waals surface area contributed by atoms with Crippen molar-refractivity contribution in [1.82, 2.24) is 20.1 Å². The molecule has 3 rings (SSSR count). The van der Waals surface area contributed by atoms with Gasteiger partial charge >= 0.3 is 0 Å². The average molecular weight is 338 g/mol. The molecule has 0 aliphatic rings. The number of aromatic nitrogens is 3. The summed E-state index contributed by atoms with van der Waals surface area (Å²) in [6, 6.07) is 13.9. The van der Waals surface area contributed by atoms with Crippen molar-refractivity contribution < 1.29 is 9.18 Å². The van der Waals surface area contributed by atoms with Gasteiger partial charge in [0.1, 0.15) is 11.5 Å². The summed E-state index contributed by atoms with van der Waals surface area (Å²) in [5.41, 5.74) is 1.03. The van der Waals surface area contributed by atoms with E-state index in [0.29, 0.717) is 11.3 Å². The molecule has 7 heteroatoms. The normalized spacial score (nSPS) is 10.4. The summed E-state index contributed by atoms with van der Waals surface area (Å²) in [5.74, 6) is -0.812. The molecule has 6 nitrogen and oxygen atoms in total. The fourth-order valence-electron chi connectivity index (χ4n) is 2.26. The smallest absolute Gasteiger partial charge is 0.272 e. The number of hydrogen-bond acceptors (Lipinski definition) is 4. The molecule has 1 aromatic carbocycles. The number of carbonyl (C=O) groups excluding carboxylic acids is 1. The number of pyridine rings is 1. The van der Waals surface area contributed by atoms with E-state index in [-0.39, 0.29) is 24.3 Å². The molecule has 1 amide bonds. The molecule has 3 aromatic rings. The molecule has 0 saturated carbocycles. The third kappa shape index (κ3) is 4.35. The maximum absolute atomic E-state index is 13.3. The molecule has 0 aliphatic heterocycles. The highest BCUT2D eigenvalue weighted by Gasteiger charge is 2.10.